The lowest BCUT2D eigenvalue weighted by Crippen LogP contribution is -2.38. The van der Waals surface area contributed by atoms with Crippen molar-refractivity contribution >= 4 is 11.9 Å². The maximum atomic E-state index is 13.0. The second-order valence-corrected chi connectivity index (χ2v) is 6.34. The minimum absolute atomic E-state index is 0.0983. The van der Waals surface area contributed by atoms with Crippen LogP contribution in [0, 0.1) is 12.8 Å². The van der Waals surface area contributed by atoms with Gasteiger partial charge in [-0.25, -0.2) is 4.98 Å². The van der Waals surface area contributed by atoms with Crippen molar-refractivity contribution in [3.05, 3.63) is 41.8 Å². The Morgan fingerprint density at radius 2 is 2.00 bits per heavy atom. The number of oxazole rings is 1. The Hall–Kier alpha value is -2.67. The molecule has 1 aromatic heterocycles. The van der Waals surface area contributed by atoms with Gasteiger partial charge in [-0.1, -0.05) is 25.1 Å². The predicted octanol–water partition coefficient (Wildman–Crippen LogP) is 3.24. The van der Waals surface area contributed by atoms with Gasteiger partial charge in [0.15, 0.2) is 0 Å². The van der Waals surface area contributed by atoms with Gasteiger partial charge >= 0.3 is 5.97 Å². The molecule has 1 N–H and O–H groups in total. The fourth-order valence-corrected chi connectivity index (χ4v) is 2.63. The monoisotopic (exact) mass is 374 g/mol. The van der Waals surface area contributed by atoms with Crippen LogP contribution in [0.3, 0.4) is 0 Å². The molecule has 1 unspecified atom stereocenters. The van der Waals surface area contributed by atoms with E-state index in [0.29, 0.717) is 37.8 Å². The second kappa shape index (κ2) is 9.87. The number of hydrogen-bond acceptors (Lipinski definition) is 5. The molecule has 0 fully saturated rings. The number of aryl methyl sites for hydroxylation is 1. The molecule has 0 aliphatic carbocycles. The summed E-state index contributed by atoms with van der Waals surface area (Å²) in [5, 5.41) is 9.20. The summed E-state index contributed by atoms with van der Waals surface area (Å²) in [5.41, 5.74) is 1.26. The highest BCUT2D eigenvalue weighted by molar-refractivity contribution is 5.93. The van der Waals surface area contributed by atoms with Crippen LogP contribution in [-0.4, -0.2) is 53.2 Å². The highest BCUT2D eigenvalue weighted by atomic mass is 16.5. The van der Waals surface area contributed by atoms with Gasteiger partial charge in [-0.05, 0) is 32.4 Å². The summed E-state index contributed by atoms with van der Waals surface area (Å²) in [5.74, 6) is -1.47. The van der Waals surface area contributed by atoms with Crippen molar-refractivity contribution in [3.63, 3.8) is 0 Å². The lowest BCUT2D eigenvalue weighted by molar-refractivity contribution is -0.141. The lowest BCUT2D eigenvalue weighted by atomic mass is 10.1. The third-order valence-corrected chi connectivity index (χ3v) is 4.14. The molecule has 0 aliphatic rings. The number of hydrogen-bond donors (Lipinski definition) is 1. The number of ether oxygens (including phenoxy) is 1. The van der Waals surface area contributed by atoms with E-state index in [1.54, 1.807) is 13.8 Å². The van der Waals surface area contributed by atoms with E-state index in [1.165, 1.54) is 4.90 Å². The van der Waals surface area contributed by atoms with Crippen LogP contribution in [0.1, 0.15) is 36.5 Å². The number of aromatic nitrogens is 1. The molecular formula is C20H26N2O5. The summed E-state index contributed by atoms with van der Waals surface area (Å²) in [6.45, 7) is 6.78. The SMILES string of the molecule is CCOCCCN(CC(C)C(=O)O)C(=O)c1oc(-c2ccccc2)nc1C. The van der Waals surface area contributed by atoms with Crippen LogP contribution < -0.4 is 0 Å². The largest absolute Gasteiger partial charge is 0.481 e. The number of nitrogens with zero attached hydrogens (tertiary/aromatic N) is 2. The molecule has 27 heavy (non-hydrogen) atoms. The highest BCUT2D eigenvalue weighted by Crippen LogP contribution is 2.23. The zero-order chi connectivity index (χ0) is 19.8. The van der Waals surface area contributed by atoms with E-state index in [1.807, 2.05) is 37.3 Å². The average Bonchev–Trinajstić information content (AvgIpc) is 3.05. The van der Waals surface area contributed by atoms with Gasteiger partial charge in [-0.3, -0.25) is 9.59 Å². The van der Waals surface area contributed by atoms with Crippen molar-refractivity contribution < 1.29 is 23.8 Å². The number of carbonyl (C=O) groups is 2. The molecule has 1 atom stereocenters. The van der Waals surface area contributed by atoms with Crippen LogP contribution in [0.5, 0.6) is 0 Å². The Kier molecular flexibility index (Phi) is 7.55. The molecule has 1 heterocycles. The summed E-state index contributed by atoms with van der Waals surface area (Å²) in [6.07, 6.45) is 0.616. The first kappa shape index (κ1) is 20.6. The molecular weight excluding hydrogens is 348 g/mol. The maximum Gasteiger partial charge on any atom is 0.308 e. The minimum atomic E-state index is -0.947. The number of carbonyl (C=O) groups excluding carboxylic acids is 1. The summed E-state index contributed by atoms with van der Waals surface area (Å²) < 4.78 is 11.0. The Labute approximate surface area is 159 Å². The standard InChI is InChI=1S/C20H26N2O5/c1-4-26-12-8-11-22(13-14(2)20(24)25)19(23)17-15(3)21-18(27-17)16-9-6-5-7-10-16/h5-7,9-10,14H,4,8,11-13H2,1-3H3,(H,24,25). The van der Waals surface area contributed by atoms with Gasteiger partial charge in [0.2, 0.25) is 11.7 Å². The van der Waals surface area contributed by atoms with Crippen LogP contribution in [-0.2, 0) is 9.53 Å². The Morgan fingerprint density at radius 3 is 2.63 bits per heavy atom. The maximum absolute atomic E-state index is 13.0. The van der Waals surface area contributed by atoms with Gasteiger partial charge in [-0.2, -0.15) is 0 Å². The van der Waals surface area contributed by atoms with Gasteiger partial charge in [0, 0.05) is 31.9 Å². The van der Waals surface area contributed by atoms with Crippen LogP contribution in [0.25, 0.3) is 11.5 Å². The van der Waals surface area contributed by atoms with Crippen molar-refractivity contribution in [1.29, 1.82) is 0 Å². The van der Waals surface area contributed by atoms with E-state index in [9.17, 15) is 14.7 Å². The summed E-state index contributed by atoms with van der Waals surface area (Å²) in [4.78, 5) is 30.1. The van der Waals surface area contributed by atoms with Gasteiger partial charge < -0.3 is 19.2 Å². The molecule has 7 heteroatoms. The van der Waals surface area contributed by atoms with Gasteiger partial charge in [0.05, 0.1) is 11.6 Å². The summed E-state index contributed by atoms with van der Waals surface area (Å²) in [7, 11) is 0. The molecule has 0 spiro atoms. The van der Waals surface area contributed by atoms with Crippen molar-refractivity contribution in [2.45, 2.75) is 27.2 Å². The summed E-state index contributed by atoms with van der Waals surface area (Å²) in [6, 6.07) is 9.33. The fraction of sp³-hybridized carbons (Fsp3) is 0.450. The van der Waals surface area contributed by atoms with Crippen LogP contribution in [0.2, 0.25) is 0 Å². The number of rotatable bonds is 10. The first-order chi connectivity index (χ1) is 12.9. The third-order valence-electron chi connectivity index (χ3n) is 4.14. The van der Waals surface area contributed by atoms with Crippen molar-refractivity contribution in [3.8, 4) is 11.5 Å². The Morgan fingerprint density at radius 1 is 1.30 bits per heavy atom. The summed E-state index contributed by atoms with van der Waals surface area (Å²) >= 11 is 0. The van der Waals surface area contributed by atoms with Crippen LogP contribution in [0.15, 0.2) is 34.7 Å². The van der Waals surface area contributed by atoms with E-state index in [4.69, 9.17) is 9.15 Å². The molecule has 1 aromatic carbocycles. The van der Waals surface area contributed by atoms with E-state index in [-0.39, 0.29) is 18.2 Å². The number of amides is 1. The molecule has 0 aliphatic heterocycles. The molecule has 2 aromatic rings. The Bertz CT molecular complexity index is 757. The van der Waals surface area contributed by atoms with Crippen molar-refractivity contribution in [2.75, 3.05) is 26.3 Å². The van der Waals surface area contributed by atoms with Gasteiger partial charge in [0.25, 0.3) is 5.91 Å². The fourth-order valence-electron chi connectivity index (χ4n) is 2.63. The number of aliphatic carboxylic acids is 1. The quantitative estimate of drug-likeness (QED) is 0.642. The highest BCUT2D eigenvalue weighted by Gasteiger charge is 2.26. The number of carboxylic acids is 1. The van der Waals surface area contributed by atoms with Gasteiger partial charge in [0.1, 0.15) is 0 Å². The predicted molar refractivity (Wildman–Crippen MR) is 100 cm³/mol. The van der Waals surface area contributed by atoms with E-state index < -0.39 is 11.9 Å². The van der Waals surface area contributed by atoms with Crippen molar-refractivity contribution in [1.82, 2.24) is 9.88 Å². The average molecular weight is 374 g/mol. The van der Waals surface area contributed by atoms with Crippen LogP contribution >= 0.6 is 0 Å². The zero-order valence-corrected chi connectivity index (χ0v) is 16.0. The van der Waals surface area contributed by atoms with E-state index in [0.717, 1.165) is 5.56 Å². The molecule has 146 valence electrons. The lowest BCUT2D eigenvalue weighted by Gasteiger charge is -2.23. The first-order valence-electron chi connectivity index (χ1n) is 9.06. The molecule has 2 rings (SSSR count). The number of carboxylic acid groups (broad SMARTS) is 1. The smallest absolute Gasteiger partial charge is 0.308 e. The Balaban J connectivity index is 2.20. The van der Waals surface area contributed by atoms with Gasteiger partial charge in [-0.15, -0.1) is 0 Å². The molecule has 0 saturated carbocycles. The molecule has 0 radical (unpaired) electrons. The topological polar surface area (TPSA) is 92.9 Å². The minimum Gasteiger partial charge on any atom is -0.481 e. The number of benzene rings is 1. The van der Waals surface area contributed by atoms with E-state index >= 15 is 0 Å². The van der Waals surface area contributed by atoms with Crippen LogP contribution in [0.4, 0.5) is 0 Å². The second-order valence-electron chi connectivity index (χ2n) is 6.34. The van der Waals surface area contributed by atoms with E-state index in [2.05, 4.69) is 4.98 Å². The first-order valence-corrected chi connectivity index (χ1v) is 9.06. The molecule has 7 nitrogen and oxygen atoms in total. The molecule has 0 bridgehead atoms. The molecule has 0 saturated heterocycles. The van der Waals surface area contributed by atoms with Crippen molar-refractivity contribution in [2.24, 2.45) is 5.92 Å². The zero-order valence-electron chi connectivity index (χ0n) is 16.0. The third kappa shape index (κ3) is 5.65. The molecule has 1 amide bonds. The normalized spacial score (nSPS) is 12.0.